The molecule has 0 aliphatic heterocycles. The highest BCUT2D eigenvalue weighted by molar-refractivity contribution is 5.66. The van der Waals surface area contributed by atoms with Crippen LogP contribution in [0.4, 0.5) is 5.69 Å². The summed E-state index contributed by atoms with van der Waals surface area (Å²) in [5, 5.41) is 12.3. The number of aromatic nitrogens is 1. The first kappa shape index (κ1) is 15.0. The summed E-state index contributed by atoms with van der Waals surface area (Å²) in [4.78, 5) is 14.9. The van der Waals surface area contributed by atoms with Gasteiger partial charge in [0.05, 0.1) is 0 Å². The number of hydrogen-bond acceptors (Lipinski definition) is 4. The average Bonchev–Trinajstić information content (AvgIpc) is 2.49. The lowest BCUT2D eigenvalue weighted by atomic mass is 10.0. The van der Waals surface area contributed by atoms with Gasteiger partial charge in [0.15, 0.2) is 0 Å². The fraction of sp³-hybridized carbons (Fsp3) is 0.250. The van der Waals surface area contributed by atoms with Gasteiger partial charge in [-0.1, -0.05) is 18.2 Å². The van der Waals surface area contributed by atoms with Crippen molar-refractivity contribution in [2.45, 2.75) is 25.4 Å². The van der Waals surface area contributed by atoms with E-state index in [1.165, 1.54) is 0 Å². The quantitative estimate of drug-likeness (QED) is 0.680. The number of carbonyl (C=O) groups is 1. The standard InChI is InChI=1S/C16H19N3O2/c17-14-5-3-13(4-6-14)15(7-8-16(20)21)19-11-12-2-1-9-18-10-12/h1-6,9-10,15,19H,7-8,11,17H2,(H,20,21). The molecular formula is C16H19N3O2. The molecule has 0 aliphatic carbocycles. The number of carboxylic acid groups (broad SMARTS) is 1. The summed E-state index contributed by atoms with van der Waals surface area (Å²) in [6.45, 7) is 0.641. The second-order valence-corrected chi connectivity index (χ2v) is 4.89. The first-order chi connectivity index (χ1) is 10.1. The molecule has 0 radical (unpaired) electrons. The van der Waals surface area contributed by atoms with Gasteiger partial charge in [0.25, 0.3) is 0 Å². The summed E-state index contributed by atoms with van der Waals surface area (Å²) in [6.07, 6.45) is 4.17. The molecule has 2 rings (SSSR count). The van der Waals surface area contributed by atoms with Crippen LogP contribution >= 0.6 is 0 Å². The lowest BCUT2D eigenvalue weighted by Gasteiger charge is -2.19. The van der Waals surface area contributed by atoms with Crippen molar-refractivity contribution in [2.75, 3.05) is 5.73 Å². The van der Waals surface area contributed by atoms with Crippen molar-refractivity contribution >= 4 is 11.7 Å². The van der Waals surface area contributed by atoms with Gasteiger partial charge in [-0.05, 0) is 35.7 Å². The Labute approximate surface area is 123 Å². The maximum Gasteiger partial charge on any atom is 0.303 e. The number of nitrogens with two attached hydrogens (primary N) is 1. The van der Waals surface area contributed by atoms with Gasteiger partial charge in [0, 0.05) is 37.1 Å². The van der Waals surface area contributed by atoms with Crippen LogP contribution in [0.15, 0.2) is 48.8 Å². The minimum Gasteiger partial charge on any atom is -0.481 e. The number of nitrogens with zero attached hydrogens (tertiary/aromatic N) is 1. The van der Waals surface area contributed by atoms with E-state index in [9.17, 15) is 4.79 Å². The topological polar surface area (TPSA) is 88.2 Å². The van der Waals surface area contributed by atoms with Crippen molar-refractivity contribution in [1.29, 1.82) is 0 Å². The van der Waals surface area contributed by atoms with Crippen molar-refractivity contribution in [3.8, 4) is 0 Å². The summed E-state index contributed by atoms with van der Waals surface area (Å²) in [7, 11) is 0. The van der Waals surface area contributed by atoms with E-state index in [2.05, 4.69) is 10.3 Å². The number of pyridine rings is 1. The molecule has 1 aromatic carbocycles. The molecule has 0 amide bonds. The molecule has 1 aromatic heterocycles. The second kappa shape index (κ2) is 7.40. The van der Waals surface area contributed by atoms with E-state index in [4.69, 9.17) is 10.8 Å². The summed E-state index contributed by atoms with van der Waals surface area (Å²) in [6, 6.07) is 11.4. The van der Waals surface area contributed by atoms with Crippen LogP contribution in [-0.2, 0) is 11.3 Å². The van der Waals surface area contributed by atoms with Crippen LogP contribution in [0.5, 0.6) is 0 Å². The molecule has 4 N–H and O–H groups in total. The van der Waals surface area contributed by atoms with Crippen LogP contribution in [0.3, 0.4) is 0 Å². The molecule has 110 valence electrons. The van der Waals surface area contributed by atoms with E-state index in [0.717, 1.165) is 11.1 Å². The molecule has 21 heavy (non-hydrogen) atoms. The van der Waals surface area contributed by atoms with Crippen LogP contribution in [0.25, 0.3) is 0 Å². The number of rotatable bonds is 7. The van der Waals surface area contributed by atoms with Crippen LogP contribution in [-0.4, -0.2) is 16.1 Å². The molecule has 0 aliphatic rings. The van der Waals surface area contributed by atoms with E-state index < -0.39 is 5.97 Å². The molecule has 0 saturated heterocycles. The third-order valence-corrected chi connectivity index (χ3v) is 3.26. The van der Waals surface area contributed by atoms with Gasteiger partial charge in [-0.25, -0.2) is 0 Å². The Balaban J connectivity index is 2.04. The van der Waals surface area contributed by atoms with Crippen LogP contribution in [0.1, 0.15) is 30.0 Å². The number of carboxylic acids is 1. The van der Waals surface area contributed by atoms with E-state index in [1.54, 1.807) is 12.4 Å². The van der Waals surface area contributed by atoms with Crippen molar-refractivity contribution in [1.82, 2.24) is 10.3 Å². The highest BCUT2D eigenvalue weighted by atomic mass is 16.4. The summed E-state index contributed by atoms with van der Waals surface area (Å²) >= 11 is 0. The molecule has 1 unspecified atom stereocenters. The number of nitrogen functional groups attached to an aromatic ring is 1. The molecule has 1 heterocycles. The molecule has 5 heteroatoms. The van der Waals surface area contributed by atoms with Crippen LogP contribution < -0.4 is 11.1 Å². The Morgan fingerprint density at radius 2 is 2.05 bits per heavy atom. The number of anilines is 1. The van der Waals surface area contributed by atoms with Crippen molar-refractivity contribution in [2.24, 2.45) is 0 Å². The zero-order valence-corrected chi connectivity index (χ0v) is 11.7. The highest BCUT2D eigenvalue weighted by Gasteiger charge is 2.13. The second-order valence-electron chi connectivity index (χ2n) is 4.89. The van der Waals surface area contributed by atoms with E-state index in [-0.39, 0.29) is 12.5 Å². The third-order valence-electron chi connectivity index (χ3n) is 3.26. The first-order valence-electron chi connectivity index (χ1n) is 6.84. The number of benzene rings is 1. The predicted octanol–water partition coefficient (Wildman–Crippen LogP) is 2.36. The van der Waals surface area contributed by atoms with Gasteiger partial charge in [-0.15, -0.1) is 0 Å². The van der Waals surface area contributed by atoms with Gasteiger partial charge in [0.2, 0.25) is 0 Å². The Kier molecular flexibility index (Phi) is 5.29. The van der Waals surface area contributed by atoms with Gasteiger partial charge in [0.1, 0.15) is 0 Å². The third kappa shape index (κ3) is 4.89. The Morgan fingerprint density at radius 1 is 1.29 bits per heavy atom. The molecule has 0 saturated carbocycles. The largest absolute Gasteiger partial charge is 0.481 e. The fourth-order valence-electron chi connectivity index (χ4n) is 2.13. The Bertz CT molecular complexity index is 570. The van der Waals surface area contributed by atoms with Crippen molar-refractivity contribution in [3.05, 3.63) is 59.9 Å². The predicted molar refractivity (Wildman–Crippen MR) is 81.5 cm³/mol. The Hall–Kier alpha value is -2.40. The summed E-state index contributed by atoms with van der Waals surface area (Å²) in [5.41, 5.74) is 8.49. The number of aliphatic carboxylic acids is 1. The number of nitrogens with one attached hydrogen (secondary N) is 1. The van der Waals surface area contributed by atoms with Gasteiger partial charge in [-0.3, -0.25) is 9.78 Å². The maximum atomic E-state index is 10.8. The maximum absolute atomic E-state index is 10.8. The van der Waals surface area contributed by atoms with Crippen LogP contribution in [0, 0.1) is 0 Å². The fourth-order valence-corrected chi connectivity index (χ4v) is 2.13. The molecule has 1 atom stereocenters. The molecule has 2 aromatic rings. The Morgan fingerprint density at radius 3 is 2.67 bits per heavy atom. The van der Waals surface area contributed by atoms with E-state index >= 15 is 0 Å². The van der Waals surface area contributed by atoms with Crippen LogP contribution in [0.2, 0.25) is 0 Å². The number of hydrogen-bond donors (Lipinski definition) is 3. The lowest BCUT2D eigenvalue weighted by molar-refractivity contribution is -0.137. The smallest absolute Gasteiger partial charge is 0.303 e. The van der Waals surface area contributed by atoms with E-state index in [1.807, 2.05) is 36.4 Å². The highest BCUT2D eigenvalue weighted by Crippen LogP contribution is 2.20. The molecule has 5 nitrogen and oxygen atoms in total. The zero-order chi connectivity index (χ0) is 15.1. The molecule has 0 fully saturated rings. The normalized spacial score (nSPS) is 12.0. The van der Waals surface area contributed by atoms with Crippen molar-refractivity contribution in [3.63, 3.8) is 0 Å². The zero-order valence-electron chi connectivity index (χ0n) is 11.7. The molecule has 0 bridgehead atoms. The first-order valence-corrected chi connectivity index (χ1v) is 6.84. The summed E-state index contributed by atoms with van der Waals surface area (Å²) < 4.78 is 0. The minimum atomic E-state index is -0.793. The monoisotopic (exact) mass is 285 g/mol. The molecular weight excluding hydrogens is 266 g/mol. The molecule has 0 spiro atoms. The van der Waals surface area contributed by atoms with Gasteiger partial charge < -0.3 is 16.2 Å². The van der Waals surface area contributed by atoms with Crippen molar-refractivity contribution < 1.29 is 9.90 Å². The van der Waals surface area contributed by atoms with Gasteiger partial charge >= 0.3 is 5.97 Å². The summed E-state index contributed by atoms with van der Waals surface area (Å²) in [5.74, 6) is -0.793. The SMILES string of the molecule is Nc1ccc(C(CCC(=O)O)NCc2cccnc2)cc1. The lowest BCUT2D eigenvalue weighted by Crippen LogP contribution is -2.22. The van der Waals surface area contributed by atoms with Gasteiger partial charge in [-0.2, -0.15) is 0 Å². The average molecular weight is 285 g/mol. The minimum absolute atomic E-state index is 0.0260. The van der Waals surface area contributed by atoms with E-state index in [0.29, 0.717) is 18.7 Å².